The first-order valence-electron chi connectivity index (χ1n) is 12.7. The Kier molecular flexibility index (Phi) is 8.31. The van der Waals surface area contributed by atoms with E-state index in [1.54, 1.807) is 60.7 Å². The molecule has 0 radical (unpaired) electrons. The first-order valence-corrected chi connectivity index (χ1v) is 13.1. The number of aromatic nitrogens is 1. The minimum absolute atomic E-state index is 0.0807. The van der Waals surface area contributed by atoms with Gasteiger partial charge in [0.1, 0.15) is 23.9 Å². The van der Waals surface area contributed by atoms with Gasteiger partial charge in [0.25, 0.3) is 0 Å². The Hall–Kier alpha value is -5.08. The van der Waals surface area contributed by atoms with Gasteiger partial charge in [-0.2, -0.15) is 5.10 Å². The van der Waals surface area contributed by atoms with Crippen LogP contribution in [-0.4, -0.2) is 22.7 Å². The Morgan fingerprint density at radius 3 is 2.34 bits per heavy atom. The van der Waals surface area contributed by atoms with Gasteiger partial charge < -0.3 is 18.5 Å². The zero-order chi connectivity index (χ0) is 28.8. The van der Waals surface area contributed by atoms with E-state index in [1.807, 2.05) is 24.3 Å². The van der Waals surface area contributed by atoms with Crippen molar-refractivity contribution in [2.24, 2.45) is 5.10 Å². The maximum absolute atomic E-state index is 12.5. The molecule has 41 heavy (non-hydrogen) atoms. The molecule has 2 aromatic heterocycles. The summed E-state index contributed by atoms with van der Waals surface area (Å²) in [4.78, 5) is 25.0. The molecule has 0 saturated carbocycles. The second-order valence-corrected chi connectivity index (χ2v) is 9.57. The standard InChI is InChI=1S/C32H26ClN3O5/c1-21-7-8-22(2)36(21)26-13-15-27(16-14-26)39-20-28-17-18-30(40-28)31(37)35-34-19-24-5-3-4-6-29(24)41-32(38)23-9-11-25(33)12-10-23/h3-19H,20H2,1-2H3,(H,35,37)/b34-19-. The van der Waals surface area contributed by atoms with Crippen LogP contribution >= 0.6 is 11.6 Å². The van der Waals surface area contributed by atoms with Gasteiger partial charge in [-0.15, -0.1) is 0 Å². The largest absolute Gasteiger partial charge is 0.486 e. The van der Waals surface area contributed by atoms with E-state index in [2.05, 4.69) is 41.1 Å². The van der Waals surface area contributed by atoms with Crippen LogP contribution in [-0.2, 0) is 6.61 Å². The molecule has 9 heteroatoms. The third-order valence-corrected chi connectivity index (χ3v) is 6.46. The Balaban J connectivity index is 1.15. The van der Waals surface area contributed by atoms with Gasteiger partial charge in [-0.25, -0.2) is 10.2 Å². The summed E-state index contributed by atoms with van der Waals surface area (Å²) in [5, 5.41) is 4.51. The fourth-order valence-electron chi connectivity index (χ4n) is 4.14. The van der Waals surface area contributed by atoms with E-state index in [4.69, 9.17) is 25.5 Å². The number of furan rings is 1. The van der Waals surface area contributed by atoms with Gasteiger partial charge in [-0.1, -0.05) is 23.7 Å². The SMILES string of the molecule is Cc1ccc(C)n1-c1ccc(OCc2ccc(C(=O)N/N=C\c3ccccc3OC(=O)c3ccc(Cl)cc3)o2)cc1. The van der Waals surface area contributed by atoms with E-state index in [9.17, 15) is 9.59 Å². The van der Waals surface area contributed by atoms with Crippen molar-refractivity contribution in [1.29, 1.82) is 0 Å². The number of para-hydroxylation sites is 1. The highest BCUT2D eigenvalue weighted by molar-refractivity contribution is 6.30. The van der Waals surface area contributed by atoms with E-state index in [1.165, 1.54) is 6.21 Å². The molecule has 0 atom stereocenters. The van der Waals surface area contributed by atoms with Gasteiger partial charge in [-0.3, -0.25) is 4.79 Å². The Morgan fingerprint density at radius 2 is 1.61 bits per heavy atom. The van der Waals surface area contributed by atoms with Crippen molar-refractivity contribution >= 4 is 29.7 Å². The Labute approximate surface area is 241 Å². The zero-order valence-corrected chi connectivity index (χ0v) is 23.1. The van der Waals surface area contributed by atoms with Crippen LogP contribution in [0, 0.1) is 13.8 Å². The summed E-state index contributed by atoms with van der Waals surface area (Å²) in [5.41, 5.74) is 6.64. The minimum atomic E-state index is -0.543. The van der Waals surface area contributed by atoms with Crippen LogP contribution in [0.1, 0.15) is 43.6 Å². The summed E-state index contributed by atoms with van der Waals surface area (Å²) in [6.07, 6.45) is 1.38. The zero-order valence-electron chi connectivity index (χ0n) is 22.3. The highest BCUT2D eigenvalue weighted by Gasteiger charge is 2.13. The molecule has 3 aromatic carbocycles. The third kappa shape index (κ3) is 6.74. The van der Waals surface area contributed by atoms with Crippen molar-refractivity contribution in [3.63, 3.8) is 0 Å². The maximum Gasteiger partial charge on any atom is 0.343 e. The summed E-state index contributed by atoms with van der Waals surface area (Å²) in [6, 6.07) is 28.3. The number of hydrogen-bond donors (Lipinski definition) is 1. The van der Waals surface area contributed by atoms with Crippen molar-refractivity contribution in [3.05, 3.63) is 136 Å². The number of hydrazone groups is 1. The number of rotatable bonds is 9. The molecule has 0 unspecified atom stereocenters. The number of hydrogen-bond acceptors (Lipinski definition) is 6. The lowest BCUT2D eigenvalue weighted by Crippen LogP contribution is -2.17. The second kappa shape index (κ2) is 12.4. The lowest BCUT2D eigenvalue weighted by Gasteiger charge is -2.10. The van der Waals surface area contributed by atoms with E-state index >= 15 is 0 Å². The molecule has 0 aliphatic rings. The fraction of sp³-hybridized carbons (Fsp3) is 0.0938. The summed E-state index contributed by atoms with van der Waals surface area (Å²) >= 11 is 5.88. The van der Waals surface area contributed by atoms with Gasteiger partial charge in [-0.05, 0) is 98.8 Å². The molecule has 0 aliphatic heterocycles. The lowest BCUT2D eigenvalue weighted by atomic mass is 10.2. The molecule has 0 saturated heterocycles. The number of aryl methyl sites for hydroxylation is 2. The van der Waals surface area contributed by atoms with Crippen LogP contribution in [0.3, 0.4) is 0 Å². The predicted octanol–water partition coefficient (Wildman–Crippen LogP) is 6.90. The van der Waals surface area contributed by atoms with Gasteiger partial charge in [0.05, 0.1) is 11.8 Å². The van der Waals surface area contributed by atoms with E-state index < -0.39 is 11.9 Å². The van der Waals surface area contributed by atoms with Crippen molar-refractivity contribution in [3.8, 4) is 17.2 Å². The smallest absolute Gasteiger partial charge is 0.343 e. The topological polar surface area (TPSA) is 95.1 Å². The molecule has 1 amide bonds. The average Bonchev–Trinajstić information content (AvgIpc) is 3.59. The molecule has 1 N–H and O–H groups in total. The third-order valence-electron chi connectivity index (χ3n) is 6.20. The molecule has 5 rings (SSSR count). The van der Waals surface area contributed by atoms with Crippen molar-refractivity contribution in [1.82, 2.24) is 9.99 Å². The number of halogens is 1. The van der Waals surface area contributed by atoms with E-state index in [0.29, 0.717) is 27.7 Å². The average molecular weight is 568 g/mol. The summed E-state index contributed by atoms with van der Waals surface area (Å²) in [5.74, 6) is 0.453. The van der Waals surface area contributed by atoms with Crippen LogP contribution in [0.5, 0.6) is 11.5 Å². The summed E-state index contributed by atoms with van der Waals surface area (Å²) in [6.45, 7) is 4.28. The van der Waals surface area contributed by atoms with Crippen LogP contribution in [0.25, 0.3) is 5.69 Å². The number of benzene rings is 3. The molecular weight excluding hydrogens is 542 g/mol. The molecule has 8 nitrogen and oxygen atoms in total. The second-order valence-electron chi connectivity index (χ2n) is 9.13. The Bertz CT molecular complexity index is 1680. The molecule has 206 valence electrons. The normalized spacial score (nSPS) is 11.0. The van der Waals surface area contributed by atoms with Gasteiger partial charge >= 0.3 is 11.9 Å². The van der Waals surface area contributed by atoms with Gasteiger partial charge in [0.15, 0.2) is 5.76 Å². The maximum atomic E-state index is 12.5. The molecule has 0 aliphatic carbocycles. The first-order chi connectivity index (χ1) is 19.9. The van der Waals surface area contributed by atoms with Crippen molar-refractivity contribution in [2.75, 3.05) is 0 Å². The number of amides is 1. The number of esters is 1. The number of carbonyl (C=O) groups excluding carboxylic acids is 2. The first kappa shape index (κ1) is 27.5. The quantitative estimate of drug-likeness (QED) is 0.0904. The summed E-state index contributed by atoms with van der Waals surface area (Å²) < 4.78 is 19.1. The lowest BCUT2D eigenvalue weighted by molar-refractivity contribution is 0.0734. The van der Waals surface area contributed by atoms with Crippen LogP contribution < -0.4 is 14.9 Å². The van der Waals surface area contributed by atoms with Crippen LogP contribution in [0.2, 0.25) is 5.02 Å². The molecular formula is C32H26ClN3O5. The number of nitrogens with zero attached hydrogens (tertiary/aromatic N) is 2. The van der Waals surface area contributed by atoms with E-state index in [-0.39, 0.29) is 18.1 Å². The summed E-state index contributed by atoms with van der Waals surface area (Å²) in [7, 11) is 0. The predicted molar refractivity (Wildman–Crippen MR) is 156 cm³/mol. The number of nitrogens with one attached hydrogen (secondary N) is 1. The van der Waals surface area contributed by atoms with Gasteiger partial charge in [0.2, 0.25) is 0 Å². The molecule has 0 bridgehead atoms. The monoisotopic (exact) mass is 567 g/mol. The minimum Gasteiger partial charge on any atom is -0.486 e. The highest BCUT2D eigenvalue weighted by Crippen LogP contribution is 2.21. The molecule has 0 spiro atoms. The van der Waals surface area contributed by atoms with Crippen LogP contribution in [0.4, 0.5) is 0 Å². The van der Waals surface area contributed by atoms with Crippen LogP contribution in [0.15, 0.2) is 107 Å². The highest BCUT2D eigenvalue weighted by atomic mass is 35.5. The number of carbonyl (C=O) groups is 2. The van der Waals surface area contributed by atoms with Gasteiger partial charge in [0, 0.05) is 27.7 Å². The fourth-order valence-corrected chi connectivity index (χ4v) is 4.27. The molecule has 0 fully saturated rings. The van der Waals surface area contributed by atoms with E-state index in [0.717, 1.165) is 17.1 Å². The Morgan fingerprint density at radius 1 is 0.902 bits per heavy atom. The number of ether oxygens (including phenoxy) is 2. The molecule has 2 heterocycles. The molecule has 5 aromatic rings. The van der Waals surface area contributed by atoms with Crippen molar-refractivity contribution in [2.45, 2.75) is 20.5 Å². The van der Waals surface area contributed by atoms with Crippen molar-refractivity contribution < 1.29 is 23.5 Å².